The van der Waals surface area contributed by atoms with Crippen LogP contribution in [0.5, 0.6) is 0 Å². The van der Waals surface area contributed by atoms with Crippen LogP contribution in [0.3, 0.4) is 0 Å². The zero-order valence-electron chi connectivity index (χ0n) is 24.7. The van der Waals surface area contributed by atoms with Crippen molar-refractivity contribution in [3.63, 3.8) is 0 Å². The van der Waals surface area contributed by atoms with Crippen molar-refractivity contribution in [3.8, 4) is 0 Å². The maximum absolute atomic E-state index is 13.0. The summed E-state index contributed by atoms with van der Waals surface area (Å²) in [4.78, 5) is 50.9. The van der Waals surface area contributed by atoms with Crippen LogP contribution in [0.25, 0.3) is 0 Å². The molecule has 0 aliphatic carbocycles. The lowest BCUT2D eigenvalue weighted by molar-refractivity contribution is -0.137. The fourth-order valence-electron chi connectivity index (χ4n) is 5.93. The van der Waals surface area contributed by atoms with E-state index < -0.39 is 11.9 Å². The first-order valence-corrected chi connectivity index (χ1v) is 16.1. The minimum atomic E-state index is -0.656. The van der Waals surface area contributed by atoms with Crippen molar-refractivity contribution in [1.82, 2.24) is 10.2 Å². The van der Waals surface area contributed by atoms with E-state index in [-0.39, 0.29) is 30.7 Å². The second-order valence-electron chi connectivity index (χ2n) is 11.7. The van der Waals surface area contributed by atoms with Crippen LogP contribution >= 0.6 is 0 Å². The number of imide groups is 1. The molecule has 1 unspecified atom stereocenters. The van der Waals surface area contributed by atoms with Crippen molar-refractivity contribution in [2.45, 2.75) is 148 Å². The second-order valence-corrected chi connectivity index (χ2v) is 11.7. The number of anilines is 1. The number of rotatable bonds is 20. The number of hydrogen-bond acceptors (Lipinski definition) is 4. The number of carbonyl (C=O) groups is 4. The van der Waals surface area contributed by atoms with Gasteiger partial charge in [-0.2, -0.15) is 0 Å². The third-order valence-corrected chi connectivity index (χ3v) is 8.36. The zero-order chi connectivity index (χ0) is 28.6. The summed E-state index contributed by atoms with van der Waals surface area (Å²) in [6.07, 6.45) is 23.3. The summed E-state index contributed by atoms with van der Waals surface area (Å²) in [5.41, 5.74) is 1.89. The standard InChI is InChI=1S/C33H51N3O4/c1-2-3-4-5-6-7-8-9-10-11-12-13-14-15-16-17-18-22-30(37)34-28-21-19-20-26-27(28)25-36(33(26)40)29-23-24-31(38)35-32(29)39/h19-21,29H,2-18,22-25H2,1H3,(H,34,37)(H,35,38,39). The van der Waals surface area contributed by atoms with Crippen molar-refractivity contribution in [2.24, 2.45) is 0 Å². The van der Waals surface area contributed by atoms with Gasteiger partial charge in [0, 0.05) is 36.2 Å². The quantitative estimate of drug-likeness (QED) is 0.130. The highest BCUT2D eigenvalue weighted by Crippen LogP contribution is 2.32. The minimum absolute atomic E-state index is 0.0405. The van der Waals surface area contributed by atoms with Crippen molar-refractivity contribution in [3.05, 3.63) is 29.3 Å². The molecule has 1 aromatic rings. The first-order chi connectivity index (χ1) is 19.5. The summed E-state index contributed by atoms with van der Waals surface area (Å²) >= 11 is 0. The van der Waals surface area contributed by atoms with Gasteiger partial charge in [-0.05, 0) is 25.0 Å². The maximum Gasteiger partial charge on any atom is 0.255 e. The van der Waals surface area contributed by atoms with E-state index in [1.165, 1.54) is 101 Å². The number of carbonyl (C=O) groups excluding carboxylic acids is 4. The molecule has 0 radical (unpaired) electrons. The zero-order valence-corrected chi connectivity index (χ0v) is 24.7. The molecule has 1 fully saturated rings. The Morgan fingerprint density at radius 1 is 0.825 bits per heavy atom. The van der Waals surface area contributed by atoms with Crippen LogP contribution < -0.4 is 10.6 Å². The number of fused-ring (bicyclic) bond motifs is 1. The van der Waals surface area contributed by atoms with E-state index in [2.05, 4.69) is 17.6 Å². The first kappa shape index (κ1) is 31.8. The van der Waals surface area contributed by atoms with Gasteiger partial charge in [0.15, 0.2) is 0 Å². The summed E-state index contributed by atoms with van der Waals surface area (Å²) < 4.78 is 0. The van der Waals surface area contributed by atoms with E-state index in [0.29, 0.717) is 24.1 Å². The molecule has 2 N–H and O–H groups in total. The Morgan fingerprint density at radius 2 is 1.38 bits per heavy atom. The molecular formula is C33H51N3O4. The van der Waals surface area contributed by atoms with Gasteiger partial charge < -0.3 is 10.2 Å². The Kier molecular flexibility index (Phi) is 14.2. The largest absolute Gasteiger partial charge is 0.326 e. The van der Waals surface area contributed by atoms with Gasteiger partial charge in [0.25, 0.3) is 5.91 Å². The number of nitrogens with zero attached hydrogens (tertiary/aromatic N) is 1. The normalized spacial score (nSPS) is 16.8. The lowest BCUT2D eigenvalue weighted by Crippen LogP contribution is -2.52. The van der Waals surface area contributed by atoms with Crippen LogP contribution in [0.15, 0.2) is 18.2 Å². The van der Waals surface area contributed by atoms with Crippen LogP contribution in [0.2, 0.25) is 0 Å². The van der Waals surface area contributed by atoms with E-state index >= 15 is 0 Å². The van der Waals surface area contributed by atoms with Crippen LogP contribution in [0, 0.1) is 0 Å². The smallest absolute Gasteiger partial charge is 0.255 e. The van der Waals surface area contributed by atoms with Crippen molar-refractivity contribution < 1.29 is 19.2 Å². The van der Waals surface area contributed by atoms with Gasteiger partial charge in [-0.25, -0.2) is 0 Å². The Balaban J connectivity index is 1.22. The van der Waals surface area contributed by atoms with Crippen LogP contribution in [0.4, 0.5) is 5.69 Å². The highest BCUT2D eigenvalue weighted by molar-refractivity contribution is 6.06. The van der Waals surface area contributed by atoms with Gasteiger partial charge in [-0.1, -0.05) is 116 Å². The van der Waals surface area contributed by atoms with Gasteiger partial charge in [-0.15, -0.1) is 0 Å². The molecule has 0 spiro atoms. The fourth-order valence-corrected chi connectivity index (χ4v) is 5.93. The molecule has 0 saturated carbocycles. The number of amides is 4. The third kappa shape index (κ3) is 10.4. The average Bonchev–Trinajstić information content (AvgIpc) is 3.27. The number of benzene rings is 1. The summed E-state index contributed by atoms with van der Waals surface area (Å²) in [6, 6.07) is 4.65. The van der Waals surface area contributed by atoms with Gasteiger partial charge in [0.2, 0.25) is 17.7 Å². The van der Waals surface area contributed by atoms with Gasteiger partial charge in [0.05, 0.1) is 0 Å². The molecule has 2 aliphatic rings. The van der Waals surface area contributed by atoms with E-state index in [1.54, 1.807) is 12.1 Å². The molecule has 4 amide bonds. The van der Waals surface area contributed by atoms with Gasteiger partial charge >= 0.3 is 0 Å². The lowest BCUT2D eigenvalue weighted by Gasteiger charge is -2.29. The minimum Gasteiger partial charge on any atom is -0.326 e. The molecule has 1 atom stereocenters. The SMILES string of the molecule is CCCCCCCCCCCCCCCCCCCC(=O)Nc1cccc2c1CN(C1CCC(=O)NC1=O)C2=O. The number of hydrogen-bond donors (Lipinski definition) is 2. The summed E-state index contributed by atoms with van der Waals surface area (Å²) in [5, 5.41) is 5.31. The summed E-state index contributed by atoms with van der Waals surface area (Å²) in [6.45, 7) is 2.53. The molecule has 1 saturated heterocycles. The highest BCUT2D eigenvalue weighted by Gasteiger charge is 2.39. The molecular weight excluding hydrogens is 502 g/mol. The molecule has 7 nitrogen and oxygen atoms in total. The predicted molar refractivity (Wildman–Crippen MR) is 160 cm³/mol. The monoisotopic (exact) mass is 553 g/mol. The van der Waals surface area contributed by atoms with Crippen molar-refractivity contribution >= 4 is 29.3 Å². The molecule has 40 heavy (non-hydrogen) atoms. The summed E-state index contributed by atoms with van der Waals surface area (Å²) in [7, 11) is 0. The maximum atomic E-state index is 13.0. The number of unbranched alkanes of at least 4 members (excludes halogenated alkanes) is 16. The average molecular weight is 554 g/mol. The van der Waals surface area contributed by atoms with E-state index in [1.807, 2.05) is 6.07 Å². The van der Waals surface area contributed by atoms with E-state index in [0.717, 1.165) is 18.4 Å². The number of nitrogens with one attached hydrogen (secondary N) is 2. The Hall–Kier alpha value is -2.70. The number of piperidine rings is 1. The molecule has 1 aromatic carbocycles. The van der Waals surface area contributed by atoms with E-state index in [4.69, 9.17) is 0 Å². The molecule has 3 rings (SSSR count). The molecule has 2 heterocycles. The first-order valence-electron chi connectivity index (χ1n) is 16.1. The van der Waals surface area contributed by atoms with Crippen molar-refractivity contribution in [1.29, 1.82) is 0 Å². The van der Waals surface area contributed by atoms with Crippen molar-refractivity contribution in [2.75, 3.05) is 5.32 Å². The van der Waals surface area contributed by atoms with Gasteiger partial charge in [-0.3, -0.25) is 24.5 Å². The Labute approximate surface area is 241 Å². The Morgan fingerprint density at radius 3 is 1.93 bits per heavy atom. The highest BCUT2D eigenvalue weighted by atomic mass is 16.2. The van der Waals surface area contributed by atoms with Gasteiger partial charge in [0.1, 0.15) is 6.04 Å². The van der Waals surface area contributed by atoms with Crippen LogP contribution in [-0.2, 0) is 20.9 Å². The topological polar surface area (TPSA) is 95.6 Å². The Bertz CT molecular complexity index is 976. The molecule has 222 valence electrons. The van der Waals surface area contributed by atoms with Crippen LogP contribution in [-0.4, -0.2) is 34.6 Å². The molecule has 0 aromatic heterocycles. The fraction of sp³-hybridized carbons (Fsp3) is 0.697. The molecule has 0 bridgehead atoms. The third-order valence-electron chi connectivity index (χ3n) is 8.36. The lowest BCUT2D eigenvalue weighted by atomic mass is 10.0. The van der Waals surface area contributed by atoms with Crippen LogP contribution in [0.1, 0.15) is 151 Å². The second kappa shape index (κ2) is 17.9. The summed E-state index contributed by atoms with van der Waals surface area (Å²) in [5.74, 6) is -1.00. The molecule has 7 heteroatoms. The molecule has 2 aliphatic heterocycles. The predicted octanol–water partition coefficient (Wildman–Crippen LogP) is 7.43. The van der Waals surface area contributed by atoms with E-state index in [9.17, 15) is 19.2 Å².